The van der Waals surface area contributed by atoms with Gasteiger partial charge in [-0.25, -0.2) is 0 Å². The first kappa shape index (κ1) is 29.6. The molecule has 2 amide bonds. The van der Waals surface area contributed by atoms with Crippen LogP contribution < -0.4 is 15.8 Å². The van der Waals surface area contributed by atoms with Gasteiger partial charge in [0.15, 0.2) is 5.79 Å². The Morgan fingerprint density at radius 2 is 2.08 bits per heavy atom. The summed E-state index contributed by atoms with van der Waals surface area (Å²) in [6.45, 7) is 8.09. The number of aliphatic imine (C=N–C) groups is 1. The molecule has 0 aliphatic carbocycles. The van der Waals surface area contributed by atoms with Crippen molar-refractivity contribution in [2.45, 2.75) is 52.4 Å². The number of nitrogens with zero attached hydrogens (tertiary/aromatic N) is 2. The van der Waals surface area contributed by atoms with Crippen molar-refractivity contribution in [2.24, 2.45) is 16.6 Å². The molecule has 0 radical (unpaired) electrons. The van der Waals surface area contributed by atoms with Crippen LogP contribution in [0, 0.1) is 5.92 Å². The molecule has 0 saturated heterocycles. The number of halogens is 2. The number of carbonyl (C=O) groups excluding carboxylic acids is 2. The molecule has 1 atom stereocenters. The lowest BCUT2D eigenvalue weighted by molar-refractivity contribution is -0.175. The van der Waals surface area contributed by atoms with Gasteiger partial charge in [-0.3, -0.25) is 9.59 Å². The smallest absolute Gasteiger partial charge is 0.270 e. The van der Waals surface area contributed by atoms with Crippen LogP contribution in [0.5, 0.6) is 5.75 Å². The summed E-state index contributed by atoms with van der Waals surface area (Å²) in [6.07, 6.45) is 5.45. The number of benzene rings is 1. The maximum absolute atomic E-state index is 13.0. The number of amides is 2. The lowest BCUT2D eigenvalue weighted by Crippen LogP contribution is -2.43. The molecule has 198 valence electrons. The average molecular weight is 541 g/mol. The Labute approximate surface area is 221 Å². The Kier molecular flexibility index (Phi) is 11.2. The zero-order valence-corrected chi connectivity index (χ0v) is 22.5. The topological polar surface area (TPSA) is 126 Å². The molecule has 1 aliphatic rings. The molecule has 9 nitrogen and oxygen atoms in total. The number of nitrogens with one attached hydrogen (secondary N) is 1. The summed E-state index contributed by atoms with van der Waals surface area (Å²) in [4.78, 5) is 31.1. The number of nitrogens with two attached hydrogens (primary N) is 1. The molecule has 1 aromatic rings. The zero-order chi connectivity index (χ0) is 26.9. The molecule has 11 heteroatoms. The van der Waals surface area contributed by atoms with Gasteiger partial charge in [-0.05, 0) is 50.8 Å². The van der Waals surface area contributed by atoms with Crippen molar-refractivity contribution in [1.82, 2.24) is 10.2 Å². The van der Waals surface area contributed by atoms with Crippen LogP contribution >= 0.6 is 23.2 Å². The van der Waals surface area contributed by atoms with Gasteiger partial charge < -0.3 is 30.5 Å². The van der Waals surface area contributed by atoms with Crippen LogP contribution in [0.1, 0.15) is 40.5 Å². The fraction of sp³-hybridized carbons (Fsp3) is 0.480. The Morgan fingerprint density at radius 3 is 2.75 bits per heavy atom. The predicted octanol–water partition coefficient (Wildman–Crippen LogP) is 3.64. The van der Waals surface area contributed by atoms with E-state index in [1.165, 1.54) is 17.1 Å². The molecular weight excluding hydrogens is 507 g/mol. The van der Waals surface area contributed by atoms with Crippen molar-refractivity contribution in [1.29, 1.82) is 0 Å². The van der Waals surface area contributed by atoms with Crippen LogP contribution in [-0.2, 0) is 14.3 Å². The lowest BCUT2D eigenvalue weighted by Gasteiger charge is -2.26. The zero-order valence-electron chi connectivity index (χ0n) is 21.0. The van der Waals surface area contributed by atoms with Crippen molar-refractivity contribution in [3.8, 4) is 5.75 Å². The molecule has 1 aliphatic heterocycles. The number of hydrogen-bond acceptors (Lipinski definition) is 6. The van der Waals surface area contributed by atoms with Gasteiger partial charge in [0.1, 0.15) is 28.4 Å². The summed E-state index contributed by atoms with van der Waals surface area (Å²) in [6, 6.07) is 4.16. The van der Waals surface area contributed by atoms with Crippen LogP contribution in [0.25, 0.3) is 0 Å². The first-order chi connectivity index (χ1) is 16.9. The second kappa shape index (κ2) is 13.6. The fourth-order valence-corrected chi connectivity index (χ4v) is 3.64. The summed E-state index contributed by atoms with van der Waals surface area (Å²) in [5.41, 5.74) is 5.91. The van der Waals surface area contributed by atoms with E-state index in [-0.39, 0.29) is 29.2 Å². The van der Waals surface area contributed by atoms with Gasteiger partial charge in [-0.1, -0.05) is 43.1 Å². The third-order valence-electron chi connectivity index (χ3n) is 4.94. The number of amidine groups is 1. The molecule has 1 heterocycles. The molecule has 0 bridgehead atoms. The normalized spacial score (nSPS) is 15.6. The van der Waals surface area contributed by atoms with Gasteiger partial charge in [-0.2, -0.15) is 4.99 Å². The van der Waals surface area contributed by atoms with E-state index in [1.807, 2.05) is 13.8 Å². The standard InChI is InChI=1S/C25H34Cl2N4O5/c1-16(2)13-19(24(33)30-21(28)9-11-29-10-6-12-35-25(3,4)34)31-15-17(14-22(31)32)36-20-8-5-7-18(26)23(20)27/h5,7-9,11,14,16,19,29,34H,6,10,12-13,15H2,1-4H3,(H2,28,30,33)/b11-9-/t19-/m0/s1. The van der Waals surface area contributed by atoms with Crippen molar-refractivity contribution < 1.29 is 24.2 Å². The van der Waals surface area contributed by atoms with Crippen molar-refractivity contribution >= 4 is 40.9 Å². The van der Waals surface area contributed by atoms with E-state index in [0.717, 1.165) is 0 Å². The molecule has 0 fully saturated rings. The maximum Gasteiger partial charge on any atom is 0.270 e. The van der Waals surface area contributed by atoms with Gasteiger partial charge in [0.05, 0.1) is 18.2 Å². The second-order valence-electron chi connectivity index (χ2n) is 9.19. The van der Waals surface area contributed by atoms with E-state index < -0.39 is 17.7 Å². The summed E-state index contributed by atoms with van der Waals surface area (Å²) in [5, 5.41) is 13.1. The Morgan fingerprint density at radius 1 is 1.36 bits per heavy atom. The highest BCUT2D eigenvalue weighted by Gasteiger charge is 2.35. The predicted molar refractivity (Wildman–Crippen MR) is 141 cm³/mol. The molecule has 0 aromatic heterocycles. The largest absolute Gasteiger partial charge is 0.458 e. The molecule has 2 rings (SSSR count). The van der Waals surface area contributed by atoms with Gasteiger partial charge >= 0.3 is 0 Å². The van der Waals surface area contributed by atoms with E-state index in [0.29, 0.717) is 42.5 Å². The monoisotopic (exact) mass is 540 g/mol. The summed E-state index contributed by atoms with van der Waals surface area (Å²) in [5.74, 6) is -1.24. The minimum Gasteiger partial charge on any atom is -0.458 e. The second-order valence-corrected chi connectivity index (χ2v) is 9.97. The first-order valence-corrected chi connectivity index (χ1v) is 12.4. The molecular formula is C25H34Cl2N4O5. The van der Waals surface area contributed by atoms with E-state index in [2.05, 4.69) is 10.3 Å². The third kappa shape index (κ3) is 9.81. The molecule has 4 N–H and O–H groups in total. The van der Waals surface area contributed by atoms with Crippen molar-refractivity contribution in [3.63, 3.8) is 0 Å². The minimum absolute atomic E-state index is 0.00999. The first-order valence-electron chi connectivity index (χ1n) is 11.6. The van der Waals surface area contributed by atoms with Crippen LogP contribution in [-0.4, -0.2) is 59.2 Å². The molecule has 0 spiro atoms. The van der Waals surface area contributed by atoms with Crippen LogP contribution in [0.2, 0.25) is 10.0 Å². The molecule has 0 saturated carbocycles. The van der Waals surface area contributed by atoms with E-state index in [4.69, 9.17) is 38.4 Å². The summed E-state index contributed by atoms with van der Waals surface area (Å²) in [7, 11) is 0. The highest BCUT2D eigenvalue weighted by atomic mass is 35.5. The maximum atomic E-state index is 13.0. The third-order valence-corrected chi connectivity index (χ3v) is 5.74. The SMILES string of the molecule is CC(C)C[C@@H](C(=O)N=C(N)/C=C\NCCCOC(C)(C)O)N1CC(Oc2cccc(Cl)c2Cl)=CC1=O. The van der Waals surface area contributed by atoms with Gasteiger partial charge in [0, 0.05) is 18.8 Å². The van der Waals surface area contributed by atoms with Gasteiger partial charge in [-0.15, -0.1) is 0 Å². The van der Waals surface area contributed by atoms with E-state index in [1.54, 1.807) is 38.2 Å². The quantitative estimate of drug-likeness (QED) is 0.151. The highest BCUT2D eigenvalue weighted by Crippen LogP contribution is 2.33. The lowest BCUT2D eigenvalue weighted by atomic mass is 10.0. The van der Waals surface area contributed by atoms with Crippen LogP contribution in [0.4, 0.5) is 0 Å². The highest BCUT2D eigenvalue weighted by molar-refractivity contribution is 6.42. The number of hydrogen-bond donors (Lipinski definition) is 3. The molecule has 0 unspecified atom stereocenters. The summed E-state index contributed by atoms with van der Waals surface area (Å²) >= 11 is 12.2. The molecule has 1 aromatic carbocycles. The van der Waals surface area contributed by atoms with Crippen LogP contribution in [0.15, 0.2) is 47.3 Å². The Bertz CT molecular complexity index is 1020. The Hall–Kier alpha value is -2.59. The summed E-state index contributed by atoms with van der Waals surface area (Å²) < 4.78 is 11.0. The van der Waals surface area contributed by atoms with Gasteiger partial charge in [0.25, 0.3) is 11.8 Å². The van der Waals surface area contributed by atoms with Crippen molar-refractivity contribution in [2.75, 3.05) is 19.7 Å². The molecule has 36 heavy (non-hydrogen) atoms. The average Bonchev–Trinajstić information content (AvgIpc) is 3.13. The number of rotatable bonds is 13. The van der Waals surface area contributed by atoms with Crippen molar-refractivity contribution in [3.05, 3.63) is 52.4 Å². The van der Waals surface area contributed by atoms with E-state index in [9.17, 15) is 14.7 Å². The Balaban J connectivity index is 1.98. The minimum atomic E-state index is -1.17. The number of carbonyl (C=O) groups is 2. The number of aliphatic hydroxyl groups is 1. The fourth-order valence-electron chi connectivity index (χ4n) is 3.31. The van der Waals surface area contributed by atoms with Gasteiger partial charge in [0.2, 0.25) is 0 Å². The van der Waals surface area contributed by atoms with E-state index >= 15 is 0 Å². The number of ether oxygens (including phenoxy) is 2. The van der Waals surface area contributed by atoms with Crippen LogP contribution in [0.3, 0.4) is 0 Å².